The first-order chi connectivity index (χ1) is 10.2. The van der Waals surface area contributed by atoms with E-state index in [9.17, 15) is 9.59 Å². The summed E-state index contributed by atoms with van der Waals surface area (Å²) in [5, 5.41) is 5.87. The molecule has 21 heavy (non-hydrogen) atoms. The van der Waals surface area contributed by atoms with Gasteiger partial charge in [-0.3, -0.25) is 9.59 Å². The van der Waals surface area contributed by atoms with Crippen LogP contribution in [0.3, 0.4) is 0 Å². The first-order valence-corrected chi connectivity index (χ1v) is 7.59. The molecule has 0 spiro atoms. The molecule has 1 atom stereocenters. The van der Waals surface area contributed by atoms with Crippen LogP contribution in [0.4, 0.5) is 5.69 Å². The Hall–Kier alpha value is -2.10. The molecule has 2 aliphatic rings. The van der Waals surface area contributed by atoms with Crippen LogP contribution in [0.5, 0.6) is 0 Å². The third-order valence-corrected chi connectivity index (χ3v) is 3.97. The minimum atomic E-state index is -0.0344. The number of allylic oxidation sites excluding steroid dienone is 2. The molecule has 0 heterocycles. The van der Waals surface area contributed by atoms with Crippen molar-refractivity contribution < 1.29 is 9.59 Å². The number of anilines is 1. The Balaban J connectivity index is 1.57. The smallest absolute Gasteiger partial charge is 0.251 e. The quantitative estimate of drug-likeness (QED) is 0.835. The van der Waals surface area contributed by atoms with Gasteiger partial charge in [0.1, 0.15) is 0 Å². The molecule has 0 aliphatic heterocycles. The first kappa shape index (κ1) is 13.9. The van der Waals surface area contributed by atoms with E-state index in [4.69, 9.17) is 0 Å². The van der Waals surface area contributed by atoms with Crippen molar-refractivity contribution in [2.45, 2.75) is 38.1 Å². The Labute approximate surface area is 124 Å². The van der Waals surface area contributed by atoms with Crippen molar-refractivity contribution >= 4 is 17.5 Å². The Bertz CT molecular complexity index is 559. The van der Waals surface area contributed by atoms with Gasteiger partial charge in [-0.2, -0.15) is 0 Å². The summed E-state index contributed by atoms with van der Waals surface area (Å²) >= 11 is 0. The van der Waals surface area contributed by atoms with E-state index in [2.05, 4.69) is 22.8 Å². The molecule has 1 fully saturated rings. The van der Waals surface area contributed by atoms with Gasteiger partial charge in [-0.05, 0) is 56.4 Å². The van der Waals surface area contributed by atoms with Crippen LogP contribution in [-0.4, -0.2) is 17.9 Å². The summed E-state index contributed by atoms with van der Waals surface area (Å²) in [6.07, 6.45) is 9.04. The molecular weight excluding hydrogens is 264 g/mol. The van der Waals surface area contributed by atoms with Gasteiger partial charge in [-0.1, -0.05) is 12.2 Å². The highest BCUT2D eigenvalue weighted by molar-refractivity contribution is 5.96. The van der Waals surface area contributed by atoms with Crippen molar-refractivity contribution in [2.24, 2.45) is 5.92 Å². The molecule has 110 valence electrons. The number of benzene rings is 1. The molecule has 1 saturated carbocycles. The fourth-order valence-electron chi connectivity index (χ4n) is 2.48. The van der Waals surface area contributed by atoms with Crippen molar-refractivity contribution in [3.8, 4) is 0 Å². The zero-order valence-corrected chi connectivity index (χ0v) is 12.0. The number of hydrogen-bond donors (Lipinski definition) is 2. The molecule has 0 unspecified atom stereocenters. The highest BCUT2D eigenvalue weighted by Crippen LogP contribution is 2.21. The number of nitrogens with one attached hydrogen (secondary N) is 2. The molecule has 2 aliphatic carbocycles. The number of hydrogen-bond acceptors (Lipinski definition) is 2. The molecule has 4 heteroatoms. The fourth-order valence-corrected chi connectivity index (χ4v) is 2.48. The van der Waals surface area contributed by atoms with Gasteiger partial charge in [0.2, 0.25) is 5.91 Å². The second-order valence-corrected chi connectivity index (χ2v) is 5.80. The fraction of sp³-hybridized carbons (Fsp3) is 0.412. The maximum atomic E-state index is 12.1. The van der Waals surface area contributed by atoms with Crippen LogP contribution in [0.15, 0.2) is 36.4 Å². The lowest BCUT2D eigenvalue weighted by Crippen LogP contribution is -2.25. The lowest BCUT2D eigenvalue weighted by Gasteiger charge is -2.17. The zero-order chi connectivity index (χ0) is 14.7. The molecule has 0 bridgehead atoms. The highest BCUT2D eigenvalue weighted by atomic mass is 16.2. The Morgan fingerprint density at radius 2 is 1.76 bits per heavy atom. The van der Waals surface area contributed by atoms with Crippen LogP contribution in [-0.2, 0) is 4.79 Å². The van der Waals surface area contributed by atoms with Crippen LogP contribution >= 0.6 is 0 Å². The third-order valence-electron chi connectivity index (χ3n) is 3.97. The third kappa shape index (κ3) is 3.72. The average Bonchev–Trinajstić information content (AvgIpc) is 3.33. The lowest BCUT2D eigenvalue weighted by atomic mass is 9.93. The van der Waals surface area contributed by atoms with Crippen molar-refractivity contribution in [3.63, 3.8) is 0 Å². The maximum absolute atomic E-state index is 12.1. The number of amides is 2. The van der Waals surface area contributed by atoms with Crippen LogP contribution < -0.4 is 10.6 Å². The van der Waals surface area contributed by atoms with E-state index in [1.54, 1.807) is 24.3 Å². The van der Waals surface area contributed by atoms with Crippen molar-refractivity contribution in [3.05, 3.63) is 42.0 Å². The predicted octanol–water partition coefficient (Wildman–Crippen LogP) is 2.87. The van der Waals surface area contributed by atoms with E-state index < -0.39 is 0 Å². The van der Waals surface area contributed by atoms with Gasteiger partial charge in [-0.25, -0.2) is 0 Å². The van der Waals surface area contributed by atoms with Crippen LogP contribution in [0.25, 0.3) is 0 Å². The topological polar surface area (TPSA) is 58.2 Å². The Kier molecular flexibility index (Phi) is 4.04. The molecular formula is C17H20N2O2. The molecule has 1 aromatic rings. The minimum absolute atomic E-state index is 0.0344. The SMILES string of the molecule is O=C(NC1CC1)c1ccc(NC(=O)[C@H]2CC=CCC2)cc1. The van der Waals surface area contributed by atoms with Crippen LogP contribution in [0.1, 0.15) is 42.5 Å². The normalized spacial score (nSPS) is 20.9. The second-order valence-electron chi connectivity index (χ2n) is 5.80. The molecule has 0 radical (unpaired) electrons. The van der Waals surface area contributed by atoms with Gasteiger partial charge in [0.05, 0.1) is 0 Å². The van der Waals surface area contributed by atoms with E-state index in [1.165, 1.54) is 0 Å². The van der Waals surface area contributed by atoms with Gasteiger partial charge in [0.25, 0.3) is 5.91 Å². The Morgan fingerprint density at radius 1 is 1.00 bits per heavy atom. The van der Waals surface area contributed by atoms with Gasteiger partial charge in [0.15, 0.2) is 0 Å². The minimum Gasteiger partial charge on any atom is -0.349 e. The summed E-state index contributed by atoms with van der Waals surface area (Å²) in [4.78, 5) is 24.0. The van der Waals surface area contributed by atoms with E-state index in [-0.39, 0.29) is 17.7 Å². The maximum Gasteiger partial charge on any atom is 0.251 e. The van der Waals surface area contributed by atoms with Crippen LogP contribution in [0, 0.1) is 5.92 Å². The predicted molar refractivity (Wildman–Crippen MR) is 82.0 cm³/mol. The molecule has 3 rings (SSSR count). The summed E-state index contributed by atoms with van der Waals surface area (Å²) in [6.45, 7) is 0. The highest BCUT2D eigenvalue weighted by Gasteiger charge is 2.23. The molecule has 1 aromatic carbocycles. The van der Waals surface area contributed by atoms with Gasteiger partial charge in [-0.15, -0.1) is 0 Å². The van der Waals surface area contributed by atoms with Gasteiger partial charge in [0, 0.05) is 23.2 Å². The monoisotopic (exact) mass is 284 g/mol. The second kappa shape index (κ2) is 6.12. The lowest BCUT2D eigenvalue weighted by molar-refractivity contribution is -0.120. The zero-order valence-electron chi connectivity index (χ0n) is 12.0. The van der Waals surface area contributed by atoms with Crippen molar-refractivity contribution in [1.82, 2.24) is 5.32 Å². The number of carbonyl (C=O) groups excluding carboxylic acids is 2. The van der Waals surface area contributed by atoms with Crippen LogP contribution in [0.2, 0.25) is 0 Å². The van der Waals surface area contributed by atoms with E-state index in [0.29, 0.717) is 11.6 Å². The molecule has 2 N–H and O–H groups in total. The standard InChI is InChI=1S/C17H20N2O2/c20-16(12-4-2-1-3-5-12)18-14-8-6-13(7-9-14)17(21)19-15-10-11-15/h1-2,6-9,12,15H,3-5,10-11H2,(H,18,20)(H,19,21)/t12-/m0/s1. The molecule has 0 saturated heterocycles. The van der Waals surface area contributed by atoms with E-state index >= 15 is 0 Å². The van der Waals surface area contributed by atoms with E-state index in [1.807, 2.05) is 0 Å². The summed E-state index contributed by atoms with van der Waals surface area (Å²) in [7, 11) is 0. The van der Waals surface area contributed by atoms with Gasteiger partial charge < -0.3 is 10.6 Å². The number of rotatable bonds is 4. The largest absolute Gasteiger partial charge is 0.349 e. The van der Waals surface area contributed by atoms with Gasteiger partial charge >= 0.3 is 0 Å². The molecule has 4 nitrogen and oxygen atoms in total. The van der Waals surface area contributed by atoms with Crippen molar-refractivity contribution in [2.75, 3.05) is 5.32 Å². The Morgan fingerprint density at radius 3 is 2.38 bits per heavy atom. The van der Waals surface area contributed by atoms with Crippen molar-refractivity contribution in [1.29, 1.82) is 0 Å². The average molecular weight is 284 g/mol. The number of carbonyl (C=O) groups is 2. The summed E-state index contributed by atoms with van der Waals surface area (Å²) in [6, 6.07) is 7.45. The first-order valence-electron chi connectivity index (χ1n) is 7.59. The summed E-state index contributed by atoms with van der Waals surface area (Å²) in [5.41, 5.74) is 1.39. The summed E-state index contributed by atoms with van der Waals surface area (Å²) < 4.78 is 0. The molecule has 2 amide bonds. The summed E-state index contributed by atoms with van der Waals surface area (Å²) in [5.74, 6) is 0.0927. The van der Waals surface area contributed by atoms with E-state index in [0.717, 1.165) is 37.8 Å². The molecule has 0 aromatic heterocycles.